The number of amides is 1. The molecule has 0 unspecified atom stereocenters. The molecule has 0 atom stereocenters. The molecule has 0 fully saturated rings. The van der Waals surface area contributed by atoms with Crippen LogP contribution in [0.5, 0.6) is 0 Å². The van der Waals surface area contributed by atoms with Crippen molar-refractivity contribution in [2.24, 2.45) is 0 Å². The average Bonchev–Trinajstić information content (AvgIpc) is 3.38. The minimum Gasteiger partial charge on any atom is -0.356 e. The number of carbonyl (C=O) groups is 1. The van der Waals surface area contributed by atoms with Crippen LogP contribution in [0.15, 0.2) is 90.4 Å². The first-order valence-electron chi connectivity index (χ1n) is 10.1. The SMILES string of the molecule is O=C(Cc1csc2nc(-c3ccc(Cl)cc3)cn12)Nc1ccc(Nc2ccccc2)cc1. The fourth-order valence-electron chi connectivity index (χ4n) is 3.41. The van der Waals surface area contributed by atoms with Gasteiger partial charge in [0.05, 0.1) is 12.1 Å². The summed E-state index contributed by atoms with van der Waals surface area (Å²) >= 11 is 7.50. The van der Waals surface area contributed by atoms with Crippen molar-refractivity contribution in [2.75, 3.05) is 10.6 Å². The largest absolute Gasteiger partial charge is 0.356 e. The number of halogens is 1. The molecule has 0 radical (unpaired) electrons. The third-order valence-electron chi connectivity index (χ3n) is 5.00. The van der Waals surface area contributed by atoms with E-state index in [1.807, 2.05) is 94.8 Å². The second-order valence-electron chi connectivity index (χ2n) is 7.31. The summed E-state index contributed by atoms with van der Waals surface area (Å²) < 4.78 is 1.97. The maximum absolute atomic E-state index is 12.6. The number of fused-ring (bicyclic) bond motifs is 1. The minimum absolute atomic E-state index is 0.0739. The zero-order valence-corrected chi connectivity index (χ0v) is 18.5. The summed E-state index contributed by atoms with van der Waals surface area (Å²) in [4.78, 5) is 18.2. The molecule has 32 heavy (non-hydrogen) atoms. The number of hydrogen-bond acceptors (Lipinski definition) is 4. The van der Waals surface area contributed by atoms with Crippen LogP contribution in [0.2, 0.25) is 5.02 Å². The monoisotopic (exact) mass is 458 g/mol. The van der Waals surface area contributed by atoms with Crippen LogP contribution < -0.4 is 10.6 Å². The maximum Gasteiger partial charge on any atom is 0.230 e. The number of para-hydroxylation sites is 1. The number of hydrogen-bond donors (Lipinski definition) is 2. The van der Waals surface area contributed by atoms with Crippen molar-refractivity contribution in [3.8, 4) is 11.3 Å². The van der Waals surface area contributed by atoms with Crippen LogP contribution in [-0.4, -0.2) is 15.3 Å². The van der Waals surface area contributed by atoms with Gasteiger partial charge in [-0.15, -0.1) is 11.3 Å². The standard InChI is InChI=1S/C25H19ClN4OS/c26-18-8-6-17(7-9-18)23-15-30-22(16-32-25(30)29-23)14-24(31)28-21-12-10-20(11-13-21)27-19-4-2-1-3-5-19/h1-13,15-16,27H,14H2,(H,28,31). The van der Waals surface area contributed by atoms with Gasteiger partial charge < -0.3 is 10.6 Å². The lowest BCUT2D eigenvalue weighted by atomic mass is 10.2. The van der Waals surface area contributed by atoms with E-state index in [-0.39, 0.29) is 12.3 Å². The Labute approximate surface area is 194 Å². The fourth-order valence-corrected chi connectivity index (χ4v) is 4.41. The van der Waals surface area contributed by atoms with Gasteiger partial charge >= 0.3 is 0 Å². The molecule has 0 saturated heterocycles. The van der Waals surface area contributed by atoms with E-state index in [9.17, 15) is 4.79 Å². The Kier molecular flexibility index (Phi) is 5.62. The topological polar surface area (TPSA) is 58.4 Å². The Morgan fingerprint density at radius 3 is 2.34 bits per heavy atom. The summed E-state index contributed by atoms with van der Waals surface area (Å²) in [5, 5.41) is 8.96. The van der Waals surface area contributed by atoms with Gasteiger partial charge in [-0.1, -0.05) is 41.9 Å². The molecule has 0 aliphatic rings. The van der Waals surface area contributed by atoms with Crippen LogP contribution >= 0.6 is 22.9 Å². The quantitative estimate of drug-likeness (QED) is 0.300. The van der Waals surface area contributed by atoms with Gasteiger partial charge in [-0.25, -0.2) is 4.98 Å². The second-order valence-corrected chi connectivity index (χ2v) is 8.58. The maximum atomic E-state index is 12.6. The van der Waals surface area contributed by atoms with Crippen molar-refractivity contribution >= 4 is 50.9 Å². The van der Waals surface area contributed by atoms with E-state index in [1.165, 1.54) is 11.3 Å². The van der Waals surface area contributed by atoms with Gasteiger partial charge in [-0.3, -0.25) is 9.20 Å². The highest BCUT2D eigenvalue weighted by Crippen LogP contribution is 2.25. The van der Waals surface area contributed by atoms with E-state index >= 15 is 0 Å². The van der Waals surface area contributed by atoms with Crippen molar-refractivity contribution in [2.45, 2.75) is 6.42 Å². The number of anilines is 3. The number of nitrogens with one attached hydrogen (secondary N) is 2. The van der Waals surface area contributed by atoms with Gasteiger partial charge in [0.2, 0.25) is 5.91 Å². The number of imidazole rings is 1. The van der Waals surface area contributed by atoms with Crippen LogP contribution in [0.25, 0.3) is 16.2 Å². The number of carbonyl (C=O) groups excluding carboxylic acids is 1. The molecule has 5 aromatic rings. The molecular weight excluding hydrogens is 440 g/mol. The Hall–Kier alpha value is -3.61. The lowest BCUT2D eigenvalue weighted by molar-refractivity contribution is -0.115. The molecule has 7 heteroatoms. The van der Waals surface area contributed by atoms with Gasteiger partial charge in [0.1, 0.15) is 0 Å². The zero-order chi connectivity index (χ0) is 21.9. The van der Waals surface area contributed by atoms with E-state index in [1.54, 1.807) is 0 Å². The van der Waals surface area contributed by atoms with E-state index in [0.29, 0.717) is 5.02 Å². The Morgan fingerprint density at radius 1 is 0.906 bits per heavy atom. The summed E-state index contributed by atoms with van der Waals surface area (Å²) in [7, 11) is 0. The van der Waals surface area contributed by atoms with E-state index in [2.05, 4.69) is 15.6 Å². The number of aromatic nitrogens is 2. The number of thiazole rings is 1. The van der Waals surface area contributed by atoms with E-state index in [4.69, 9.17) is 11.6 Å². The smallest absolute Gasteiger partial charge is 0.230 e. The van der Waals surface area contributed by atoms with Crippen molar-refractivity contribution in [3.05, 3.63) is 101 Å². The molecule has 0 aliphatic heterocycles. The average molecular weight is 459 g/mol. The highest BCUT2D eigenvalue weighted by atomic mass is 35.5. The molecule has 2 aromatic heterocycles. The number of nitrogens with zero attached hydrogens (tertiary/aromatic N) is 2. The summed E-state index contributed by atoms with van der Waals surface area (Å²) in [6.07, 6.45) is 2.22. The van der Waals surface area contributed by atoms with E-state index < -0.39 is 0 Å². The molecule has 1 amide bonds. The van der Waals surface area contributed by atoms with Gasteiger partial charge in [-0.2, -0.15) is 0 Å². The minimum atomic E-state index is -0.0739. The van der Waals surface area contributed by atoms with Gasteiger partial charge in [0, 0.05) is 44.9 Å². The van der Waals surface area contributed by atoms with Crippen molar-refractivity contribution in [1.82, 2.24) is 9.38 Å². The van der Waals surface area contributed by atoms with Crippen molar-refractivity contribution < 1.29 is 4.79 Å². The van der Waals surface area contributed by atoms with Crippen LogP contribution in [0.3, 0.4) is 0 Å². The highest BCUT2D eigenvalue weighted by molar-refractivity contribution is 7.15. The molecule has 5 rings (SSSR count). The normalized spacial score (nSPS) is 10.9. The third kappa shape index (κ3) is 4.51. The lowest BCUT2D eigenvalue weighted by Crippen LogP contribution is -2.15. The number of benzene rings is 3. The van der Waals surface area contributed by atoms with Gasteiger partial charge in [0.25, 0.3) is 0 Å². The summed E-state index contributed by atoms with van der Waals surface area (Å²) in [6.45, 7) is 0. The first-order valence-corrected chi connectivity index (χ1v) is 11.3. The molecule has 5 nitrogen and oxygen atoms in total. The second kappa shape index (κ2) is 8.86. The molecule has 3 aromatic carbocycles. The molecule has 0 bridgehead atoms. The fraction of sp³-hybridized carbons (Fsp3) is 0.0400. The third-order valence-corrected chi connectivity index (χ3v) is 6.14. The predicted molar refractivity (Wildman–Crippen MR) is 132 cm³/mol. The first kappa shape index (κ1) is 20.3. The molecule has 2 heterocycles. The zero-order valence-electron chi connectivity index (χ0n) is 17.0. The van der Waals surface area contributed by atoms with Crippen LogP contribution in [-0.2, 0) is 11.2 Å². The summed E-state index contributed by atoms with van der Waals surface area (Å²) in [5.74, 6) is -0.0739. The number of rotatable bonds is 6. The summed E-state index contributed by atoms with van der Waals surface area (Å²) in [6, 6.07) is 25.2. The Morgan fingerprint density at radius 2 is 1.59 bits per heavy atom. The van der Waals surface area contributed by atoms with Gasteiger partial charge in [-0.05, 0) is 48.5 Å². The first-order chi connectivity index (χ1) is 15.6. The van der Waals surface area contributed by atoms with Crippen LogP contribution in [0.4, 0.5) is 17.1 Å². The highest BCUT2D eigenvalue weighted by Gasteiger charge is 2.13. The van der Waals surface area contributed by atoms with Crippen LogP contribution in [0.1, 0.15) is 5.69 Å². The molecule has 2 N–H and O–H groups in total. The predicted octanol–water partition coefficient (Wildman–Crippen LogP) is 6.64. The molecular formula is C25H19ClN4OS. The Bertz CT molecular complexity index is 1360. The molecule has 0 spiro atoms. The Balaban J connectivity index is 1.25. The van der Waals surface area contributed by atoms with Gasteiger partial charge in [0.15, 0.2) is 4.96 Å². The molecule has 158 valence electrons. The van der Waals surface area contributed by atoms with E-state index in [0.717, 1.165) is 39.0 Å². The van der Waals surface area contributed by atoms with Crippen molar-refractivity contribution in [1.29, 1.82) is 0 Å². The summed E-state index contributed by atoms with van der Waals surface area (Å²) in [5.41, 5.74) is 5.48. The van der Waals surface area contributed by atoms with Crippen molar-refractivity contribution in [3.63, 3.8) is 0 Å². The van der Waals surface area contributed by atoms with Crippen LogP contribution in [0, 0.1) is 0 Å². The molecule has 0 aliphatic carbocycles. The lowest BCUT2D eigenvalue weighted by Gasteiger charge is -2.08. The molecule has 0 saturated carbocycles.